The third-order valence-electron chi connectivity index (χ3n) is 5.02. The normalized spacial score (nSPS) is 17.3. The quantitative estimate of drug-likeness (QED) is 0.817. The Kier molecular flexibility index (Phi) is 6.22. The number of benzene rings is 1. The van der Waals surface area contributed by atoms with Crippen LogP contribution in [-0.2, 0) is 18.4 Å². The van der Waals surface area contributed by atoms with Gasteiger partial charge in [0.15, 0.2) is 0 Å². The van der Waals surface area contributed by atoms with E-state index in [1.165, 1.54) is 0 Å². The summed E-state index contributed by atoms with van der Waals surface area (Å²) in [5.74, 6) is 0.369. The first-order valence-electron chi connectivity index (χ1n) is 9.73. The molecule has 0 radical (unpaired) electrons. The van der Waals surface area contributed by atoms with E-state index in [4.69, 9.17) is 4.74 Å². The molecule has 0 aliphatic carbocycles. The molecule has 1 N–H and O–H groups in total. The zero-order valence-corrected chi connectivity index (χ0v) is 17.7. The summed E-state index contributed by atoms with van der Waals surface area (Å²) in [7, 11) is 5.70. The van der Waals surface area contributed by atoms with Crippen molar-refractivity contribution in [2.24, 2.45) is 7.05 Å². The Morgan fingerprint density at radius 2 is 2.07 bits per heavy atom. The molecule has 156 valence electrons. The SMILES string of the molecule is Cc1nn(C)cc1C(=O)NC(C)C(=O)N1Cc2ccccc2OCC1CN(C)C. The van der Waals surface area contributed by atoms with Crippen LogP contribution in [-0.4, -0.2) is 70.7 Å². The van der Waals surface area contributed by atoms with Gasteiger partial charge in [-0.3, -0.25) is 14.3 Å². The Morgan fingerprint density at radius 3 is 2.72 bits per heavy atom. The van der Waals surface area contributed by atoms with Gasteiger partial charge in [0, 0.05) is 31.9 Å². The number of nitrogens with zero attached hydrogens (tertiary/aromatic N) is 4. The monoisotopic (exact) mass is 399 g/mol. The molecular formula is C21H29N5O3. The molecular weight excluding hydrogens is 370 g/mol. The molecule has 8 nitrogen and oxygen atoms in total. The summed E-state index contributed by atoms with van der Waals surface area (Å²) < 4.78 is 7.56. The van der Waals surface area contributed by atoms with Gasteiger partial charge in [0.05, 0.1) is 17.3 Å². The highest BCUT2D eigenvalue weighted by Crippen LogP contribution is 2.25. The van der Waals surface area contributed by atoms with Crippen molar-refractivity contribution in [3.63, 3.8) is 0 Å². The number of likely N-dealkylation sites (N-methyl/N-ethyl adjacent to an activating group) is 1. The van der Waals surface area contributed by atoms with Crippen molar-refractivity contribution in [1.82, 2.24) is 24.9 Å². The minimum absolute atomic E-state index is 0.121. The first-order valence-corrected chi connectivity index (χ1v) is 9.73. The third-order valence-corrected chi connectivity index (χ3v) is 5.02. The van der Waals surface area contributed by atoms with Crippen LogP contribution in [0.4, 0.5) is 0 Å². The molecule has 1 aliphatic rings. The maximum absolute atomic E-state index is 13.3. The summed E-state index contributed by atoms with van der Waals surface area (Å²) in [4.78, 5) is 29.8. The Bertz CT molecular complexity index is 892. The van der Waals surface area contributed by atoms with Crippen molar-refractivity contribution in [1.29, 1.82) is 0 Å². The fourth-order valence-electron chi connectivity index (χ4n) is 3.60. The first-order chi connectivity index (χ1) is 13.8. The molecule has 8 heteroatoms. The number of rotatable bonds is 5. The molecule has 2 heterocycles. The Hall–Kier alpha value is -2.87. The highest BCUT2D eigenvalue weighted by Gasteiger charge is 2.32. The fourth-order valence-corrected chi connectivity index (χ4v) is 3.60. The van der Waals surface area contributed by atoms with E-state index in [0.29, 0.717) is 31.0 Å². The maximum atomic E-state index is 13.3. The zero-order valence-electron chi connectivity index (χ0n) is 17.7. The Morgan fingerprint density at radius 1 is 1.34 bits per heavy atom. The molecule has 2 atom stereocenters. The second kappa shape index (κ2) is 8.65. The van der Waals surface area contributed by atoms with E-state index in [1.807, 2.05) is 48.2 Å². The molecule has 1 aromatic heterocycles. The van der Waals surface area contributed by atoms with Gasteiger partial charge in [-0.15, -0.1) is 0 Å². The van der Waals surface area contributed by atoms with Crippen molar-refractivity contribution in [2.75, 3.05) is 27.2 Å². The highest BCUT2D eigenvalue weighted by atomic mass is 16.5. The minimum Gasteiger partial charge on any atom is -0.491 e. The molecule has 0 saturated carbocycles. The number of nitrogens with one attached hydrogen (secondary N) is 1. The molecule has 2 unspecified atom stereocenters. The second-order valence-corrected chi connectivity index (χ2v) is 7.80. The molecule has 1 aromatic carbocycles. The number of carbonyl (C=O) groups excluding carboxylic acids is 2. The Balaban J connectivity index is 1.79. The van der Waals surface area contributed by atoms with E-state index in [1.54, 1.807) is 31.8 Å². The summed E-state index contributed by atoms with van der Waals surface area (Å²) in [6.45, 7) is 5.01. The molecule has 1 aliphatic heterocycles. The summed E-state index contributed by atoms with van der Waals surface area (Å²) >= 11 is 0. The van der Waals surface area contributed by atoms with Gasteiger partial charge in [0.2, 0.25) is 5.91 Å². The number of para-hydroxylation sites is 1. The molecule has 2 amide bonds. The van der Waals surface area contributed by atoms with Crippen molar-refractivity contribution < 1.29 is 14.3 Å². The lowest BCUT2D eigenvalue weighted by molar-refractivity contribution is -0.136. The molecule has 3 rings (SSSR count). The molecule has 0 saturated heterocycles. The van der Waals surface area contributed by atoms with Gasteiger partial charge in [0.1, 0.15) is 18.4 Å². The van der Waals surface area contributed by atoms with Crippen LogP contribution in [0.3, 0.4) is 0 Å². The van der Waals surface area contributed by atoms with Crippen LogP contribution < -0.4 is 10.1 Å². The number of carbonyl (C=O) groups is 2. The topological polar surface area (TPSA) is 79.7 Å². The van der Waals surface area contributed by atoms with Gasteiger partial charge in [-0.25, -0.2) is 0 Å². The van der Waals surface area contributed by atoms with E-state index < -0.39 is 6.04 Å². The number of aryl methyl sites for hydroxylation is 2. The average molecular weight is 399 g/mol. The number of amides is 2. The lowest BCUT2D eigenvalue weighted by Crippen LogP contribution is -2.53. The van der Waals surface area contributed by atoms with Gasteiger partial charge >= 0.3 is 0 Å². The van der Waals surface area contributed by atoms with E-state index in [9.17, 15) is 9.59 Å². The van der Waals surface area contributed by atoms with Gasteiger partial charge in [-0.05, 0) is 34.0 Å². The zero-order chi connectivity index (χ0) is 21.1. The standard InChI is InChI=1S/C21H29N5O3/c1-14-18(12-25(5)23-14)20(27)22-15(2)21(28)26-10-16-8-6-7-9-19(16)29-13-17(26)11-24(3)4/h6-9,12,15,17H,10-11,13H2,1-5H3,(H,22,27). The van der Waals surface area contributed by atoms with Crippen LogP contribution >= 0.6 is 0 Å². The molecule has 0 bridgehead atoms. The number of fused-ring (bicyclic) bond motifs is 1. The molecule has 0 spiro atoms. The third kappa shape index (κ3) is 4.76. The van der Waals surface area contributed by atoms with Crippen LogP contribution in [0.15, 0.2) is 30.5 Å². The average Bonchev–Trinajstić information content (AvgIpc) is 2.90. The lowest BCUT2D eigenvalue weighted by Gasteiger charge is -2.33. The van der Waals surface area contributed by atoms with Crippen LogP contribution in [0.5, 0.6) is 5.75 Å². The molecule has 2 aromatic rings. The summed E-state index contributed by atoms with van der Waals surface area (Å²) in [5, 5.41) is 7.02. The smallest absolute Gasteiger partial charge is 0.255 e. The summed E-state index contributed by atoms with van der Waals surface area (Å²) in [6.07, 6.45) is 1.66. The number of aromatic nitrogens is 2. The van der Waals surface area contributed by atoms with Gasteiger partial charge in [0.25, 0.3) is 5.91 Å². The van der Waals surface area contributed by atoms with E-state index in [0.717, 1.165) is 11.3 Å². The minimum atomic E-state index is -0.669. The van der Waals surface area contributed by atoms with Crippen LogP contribution in [0.25, 0.3) is 0 Å². The predicted octanol–water partition coefficient (Wildman–Crippen LogP) is 1.20. The Labute approximate surface area is 171 Å². The van der Waals surface area contributed by atoms with E-state index in [2.05, 4.69) is 10.4 Å². The van der Waals surface area contributed by atoms with Crippen molar-refractivity contribution in [2.45, 2.75) is 32.5 Å². The largest absolute Gasteiger partial charge is 0.491 e. The summed E-state index contributed by atoms with van der Waals surface area (Å²) in [6, 6.07) is 6.97. The van der Waals surface area contributed by atoms with Crippen LogP contribution in [0.2, 0.25) is 0 Å². The van der Waals surface area contributed by atoms with E-state index >= 15 is 0 Å². The van der Waals surface area contributed by atoms with Gasteiger partial charge in [-0.2, -0.15) is 5.10 Å². The van der Waals surface area contributed by atoms with Crippen molar-refractivity contribution >= 4 is 11.8 Å². The van der Waals surface area contributed by atoms with E-state index in [-0.39, 0.29) is 17.9 Å². The number of hydrogen-bond donors (Lipinski definition) is 1. The lowest BCUT2D eigenvalue weighted by atomic mass is 10.1. The fraction of sp³-hybridized carbons (Fsp3) is 0.476. The predicted molar refractivity (Wildman–Crippen MR) is 110 cm³/mol. The van der Waals surface area contributed by atoms with Gasteiger partial charge < -0.3 is 19.9 Å². The number of ether oxygens (including phenoxy) is 1. The molecule has 29 heavy (non-hydrogen) atoms. The van der Waals surface area contributed by atoms with Gasteiger partial charge in [-0.1, -0.05) is 18.2 Å². The summed E-state index contributed by atoms with van der Waals surface area (Å²) in [5.41, 5.74) is 2.07. The van der Waals surface area contributed by atoms with Crippen LogP contribution in [0.1, 0.15) is 28.5 Å². The first kappa shape index (κ1) is 20.9. The molecule has 0 fully saturated rings. The van der Waals surface area contributed by atoms with Crippen molar-refractivity contribution in [3.8, 4) is 5.75 Å². The van der Waals surface area contributed by atoms with Crippen LogP contribution in [0, 0.1) is 6.92 Å². The second-order valence-electron chi connectivity index (χ2n) is 7.80. The van der Waals surface area contributed by atoms with Crippen molar-refractivity contribution in [3.05, 3.63) is 47.3 Å². The highest BCUT2D eigenvalue weighted by molar-refractivity contribution is 5.98. The maximum Gasteiger partial charge on any atom is 0.255 e. The number of hydrogen-bond acceptors (Lipinski definition) is 5.